The number of carbonyl (C=O) groups is 3. The first-order valence-electron chi connectivity index (χ1n) is 12.0. The van der Waals surface area contributed by atoms with Gasteiger partial charge in [0.05, 0.1) is 5.92 Å². The third kappa shape index (κ3) is 5.95. The van der Waals surface area contributed by atoms with Crippen LogP contribution in [-0.2, 0) is 14.3 Å². The highest BCUT2D eigenvalue weighted by atomic mass is 16.5. The number of benzene rings is 2. The van der Waals surface area contributed by atoms with Gasteiger partial charge in [-0.05, 0) is 41.0 Å². The number of aliphatic carboxylic acids is 1. The predicted octanol–water partition coefficient (Wildman–Crippen LogP) is 4.56. The fourth-order valence-electron chi connectivity index (χ4n) is 4.34. The van der Waals surface area contributed by atoms with Crippen molar-refractivity contribution in [2.45, 2.75) is 52.0 Å². The SMILES string of the molecule is CCC(C)CC(NC(=O)OCC1c2ccccc2-c2ccccc21)C(=O)NCC(CC)C(=O)O. The Morgan fingerprint density at radius 3 is 2.09 bits per heavy atom. The fraction of sp³-hybridized carbons (Fsp3) is 0.444. The molecule has 0 bridgehead atoms. The van der Waals surface area contributed by atoms with E-state index in [1.807, 2.05) is 50.2 Å². The molecule has 7 nitrogen and oxygen atoms in total. The fourth-order valence-corrected chi connectivity index (χ4v) is 4.34. The van der Waals surface area contributed by atoms with Gasteiger partial charge in [0, 0.05) is 12.5 Å². The molecule has 3 N–H and O–H groups in total. The Kier molecular flexibility index (Phi) is 8.68. The molecule has 2 aromatic carbocycles. The molecule has 3 atom stereocenters. The van der Waals surface area contributed by atoms with Crippen molar-refractivity contribution in [3.05, 3.63) is 59.7 Å². The molecule has 2 aromatic rings. The lowest BCUT2D eigenvalue weighted by Crippen LogP contribution is -2.49. The molecule has 0 fully saturated rings. The first-order chi connectivity index (χ1) is 16.3. The Bertz CT molecular complexity index is 976. The summed E-state index contributed by atoms with van der Waals surface area (Å²) in [7, 11) is 0. The van der Waals surface area contributed by atoms with Crippen LogP contribution in [0.25, 0.3) is 11.1 Å². The van der Waals surface area contributed by atoms with Gasteiger partial charge in [-0.15, -0.1) is 0 Å². The van der Waals surface area contributed by atoms with Gasteiger partial charge in [-0.2, -0.15) is 0 Å². The van der Waals surface area contributed by atoms with Gasteiger partial charge >= 0.3 is 12.1 Å². The van der Waals surface area contributed by atoms with E-state index < -0.39 is 29.9 Å². The largest absolute Gasteiger partial charge is 0.481 e. The van der Waals surface area contributed by atoms with E-state index >= 15 is 0 Å². The molecule has 0 heterocycles. The molecular formula is C27H34N2O5. The van der Waals surface area contributed by atoms with Gasteiger partial charge in [0.15, 0.2) is 0 Å². The number of carboxylic acids is 1. The van der Waals surface area contributed by atoms with Crippen molar-refractivity contribution in [3.63, 3.8) is 0 Å². The molecule has 2 amide bonds. The molecule has 3 unspecified atom stereocenters. The molecule has 3 rings (SSSR count). The zero-order chi connectivity index (χ0) is 24.7. The van der Waals surface area contributed by atoms with Gasteiger partial charge < -0.3 is 20.5 Å². The summed E-state index contributed by atoms with van der Waals surface area (Å²) in [6.45, 7) is 5.97. The van der Waals surface area contributed by atoms with E-state index in [4.69, 9.17) is 4.74 Å². The number of fused-ring (bicyclic) bond motifs is 3. The Hall–Kier alpha value is -3.35. The van der Waals surface area contributed by atoms with Gasteiger partial charge in [0.2, 0.25) is 5.91 Å². The minimum Gasteiger partial charge on any atom is -0.481 e. The first-order valence-corrected chi connectivity index (χ1v) is 12.0. The second-order valence-corrected chi connectivity index (χ2v) is 8.96. The van der Waals surface area contributed by atoms with E-state index in [-0.39, 0.29) is 25.0 Å². The number of ether oxygens (including phenoxy) is 1. The maximum Gasteiger partial charge on any atom is 0.407 e. The average Bonchev–Trinajstić information content (AvgIpc) is 3.16. The summed E-state index contributed by atoms with van der Waals surface area (Å²) in [6.07, 6.45) is 1.04. The van der Waals surface area contributed by atoms with E-state index in [1.54, 1.807) is 6.92 Å². The topological polar surface area (TPSA) is 105 Å². The lowest BCUT2D eigenvalue weighted by molar-refractivity contribution is -0.141. The van der Waals surface area contributed by atoms with Crippen LogP contribution in [-0.4, -0.2) is 42.3 Å². The average molecular weight is 467 g/mol. The molecule has 34 heavy (non-hydrogen) atoms. The van der Waals surface area contributed by atoms with Crippen LogP contribution in [0.5, 0.6) is 0 Å². The quantitative estimate of drug-likeness (QED) is 0.450. The molecule has 0 saturated heterocycles. The molecule has 1 aliphatic rings. The number of hydrogen-bond acceptors (Lipinski definition) is 4. The molecule has 0 spiro atoms. The molecular weight excluding hydrogens is 432 g/mol. The maximum atomic E-state index is 12.8. The summed E-state index contributed by atoms with van der Waals surface area (Å²) in [4.78, 5) is 36.8. The van der Waals surface area contributed by atoms with E-state index in [9.17, 15) is 19.5 Å². The minimum absolute atomic E-state index is 0.0219. The Balaban J connectivity index is 1.64. The zero-order valence-corrected chi connectivity index (χ0v) is 20.0. The monoisotopic (exact) mass is 466 g/mol. The third-order valence-electron chi connectivity index (χ3n) is 6.65. The molecule has 1 aliphatic carbocycles. The number of hydrogen-bond donors (Lipinski definition) is 3. The molecule has 7 heteroatoms. The lowest BCUT2D eigenvalue weighted by Gasteiger charge is -2.22. The van der Waals surface area contributed by atoms with Gasteiger partial charge in [-0.25, -0.2) is 4.79 Å². The van der Waals surface area contributed by atoms with Crippen molar-refractivity contribution < 1.29 is 24.2 Å². The number of carboxylic acid groups (broad SMARTS) is 1. The minimum atomic E-state index is -0.953. The van der Waals surface area contributed by atoms with Crippen molar-refractivity contribution in [1.82, 2.24) is 10.6 Å². The molecule has 0 aromatic heterocycles. The molecule has 0 radical (unpaired) electrons. The lowest BCUT2D eigenvalue weighted by atomic mass is 9.98. The predicted molar refractivity (Wildman–Crippen MR) is 130 cm³/mol. The van der Waals surface area contributed by atoms with Crippen LogP contribution in [0, 0.1) is 11.8 Å². The third-order valence-corrected chi connectivity index (χ3v) is 6.65. The number of carbonyl (C=O) groups excluding carboxylic acids is 2. The normalized spacial score (nSPS) is 14.9. The highest BCUT2D eigenvalue weighted by molar-refractivity contribution is 5.86. The second kappa shape index (κ2) is 11.7. The molecule has 182 valence electrons. The summed E-state index contributed by atoms with van der Waals surface area (Å²) in [5, 5.41) is 14.6. The van der Waals surface area contributed by atoms with Crippen LogP contribution in [0.2, 0.25) is 0 Å². The highest BCUT2D eigenvalue weighted by Crippen LogP contribution is 2.44. The van der Waals surface area contributed by atoms with E-state index in [2.05, 4.69) is 22.8 Å². The van der Waals surface area contributed by atoms with Crippen molar-refractivity contribution in [3.8, 4) is 11.1 Å². The summed E-state index contributed by atoms with van der Waals surface area (Å²) in [5.74, 6) is -1.88. The zero-order valence-electron chi connectivity index (χ0n) is 20.0. The van der Waals surface area contributed by atoms with Crippen LogP contribution < -0.4 is 10.6 Å². The standard InChI is InChI=1S/C27H34N2O5/c1-4-17(3)14-24(25(30)28-15-18(5-2)26(31)32)29-27(33)34-16-23-21-12-8-6-10-19(21)20-11-7-9-13-22(20)23/h6-13,17-18,23-24H,4-5,14-16H2,1-3H3,(H,28,30)(H,29,33)(H,31,32). The Morgan fingerprint density at radius 2 is 1.56 bits per heavy atom. The number of amides is 2. The Labute approximate surface area is 200 Å². The van der Waals surface area contributed by atoms with Crippen LogP contribution in [0.4, 0.5) is 4.79 Å². The van der Waals surface area contributed by atoms with Crippen LogP contribution in [0.3, 0.4) is 0 Å². The van der Waals surface area contributed by atoms with E-state index in [0.29, 0.717) is 12.8 Å². The summed E-state index contributed by atoms with van der Waals surface area (Å²) in [6, 6.07) is 15.4. The van der Waals surface area contributed by atoms with Crippen molar-refractivity contribution in [1.29, 1.82) is 0 Å². The summed E-state index contributed by atoms with van der Waals surface area (Å²) >= 11 is 0. The van der Waals surface area contributed by atoms with Gasteiger partial charge in [0.1, 0.15) is 12.6 Å². The van der Waals surface area contributed by atoms with Crippen LogP contribution >= 0.6 is 0 Å². The summed E-state index contributed by atoms with van der Waals surface area (Å²) in [5.41, 5.74) is 4.52. The van der Waals surface area contributed by atoms with Crippen molar-refractivity contribution in [2.75, 3.05) is 13.2 Å². The van der Waals surface area contributed by atoms with Gasteiger partial charge in [0.25, 0.3) is 0 Å². The van der Waals surface area contributed by atoms with Crippen molar-refractivity contribution in [2.24, 2.45) is 11.8 Å². The van der Waals surface area contributed by atoms with Gasteiger partial charge in [-0.1, -0.05) is 75.7 Å². The molecule has 0 aliphatic heterocycles. The van der Waals surface area contributed by atoms with E-state index in [1.165, 1.54) is 0 Å². The first kappa shape index (κ1) is 25.3. The smallest absolute Gasteiger partial charge is 0.407 e. The van der Waals surface area contributed by atoms with Gasteiger partial charge in [-0.3, -0.25) is 9.59 Å². The maximum absolute atomic E-state index is 12.8. The van der Waals surface area contributed by atoms with Crippen LogP contribution in [0.15, 0.2) is 48.5 Å². The number of alkyl carbamates (subject to hydrolysis) is 1. The molecule has 0 saturated carbocycles. The van der Waals surface area contributed by atoms with Crippen LogP contribution in [0.1, 0.15) is 57.1 Å². The summed E-state index contributed by atoms with van der Waals surface area (Å²) < 4.78 is 5.60. The Morgan fingerprint density at radius 1 is 0.971 bits per heavy atom. The second-order valence-electron chi connectivity index (χ2n) is 8.96. The number of rotatable bonds is 11. The van der Waals surface area contributed by atoms with E-state index in [0.717, 1.165) is 28.7 Å². The number of nitrogens with one attached hydrogen (secondary N) is 2. The highest BCUT2D eigenvalue weighted by Gasteiger charge is 2.30. The van der Waals surface area contributed by atoms with Crippen molar-refractivity contribution >= 4 is 18.0 Å².